The summed E-state index contributed by atoms with van der Waals surface area (Å²) in [6.07, 6.45) is 0. The molecule has 0 aromatic carbocycles. The van der Waals surface area contributed by atoms with Gasteiger partial charge in [-0.2, -0.15) is 5.10 Å². The number of nitrogens with zero attached hydrogens (tertiary/aromatic N) is 3. The van der Waals surface area contributed by atoms with Crippen molar-refractivity contribution in [2.24, 2.45) is 0 Å². The van der Waals surface area contributed by atoms with Gasteiger partial charge >= 0.3 is 5.69 Å². The van der Waals surface area contributed by atoms with Crippen molar-refractivity contribution < 1.29 is 4.79 Å². The number of amides is 1. The van der Waals surface area contributed by atoms with E-state index in [-0.39, 0.29) is 23.7 Å². The normalized spacial score (nSPS) is 15.3. The van der Waals surface area contributed by atoms with E-state index in [2.05, 4.69) is 15.7 Å². The molecule has 7 nitrogen and oxygen atoms in total. The highest BCUT2D eigenvalue weighted by Gasteiger charge is 2.19. The number of carbonyl (C=O) groups is 1. The Morgan fingerprint density at radius 2 is 2.22 bits per heavy atom. The number of rotatable bonds is 2. The zero-order valence-electron chi connectivity index (χ0n) is 11.0. The van der Waals surface area contributed by atoms with Gasteiger partial charge in [-0.3, -0.25) is 9.36 Å². The van der Waals surface area contributed by atoms with Gasteiger partial charge in [0.25, 0.3) is 0 Å². The molecule has 0 bridgehead atoms. The summed E-state index contributed by atoms with van der Waals surface area (Å²) in [5.74, 6) is 0.489. The van der Waals surface area contributed by atoms with Gasteiger partial charge in [-0.25, -0.2) is 9.48 Å². The van der Waals surface area contributed by atoms with Gasteiger partial charge in [-0.15, -0.1) is 0 Å². The lowest BCUT2D eigenvalue weighted by Gasteiger charge is -2.20. The summed E-state index contributed by atoms with van der Waals surface area (Å²) in [5.41, 5.74) is -0.516. The van der Waals surface area contributed by atoms with Gasteiger partial charge in [0.15, 0.2) is 0 Å². The first kappa shape index (κ1) is 12.8. The van der Waals surface area contributed by atoms with Crippen molar-refractivity contribution in [2.45, 2.75) is 45.9 Å². The largest absolute Gasteiger partial charge is 0.350 e. The Morgan fingerprint density at radius 1 is 1.50 bits per heavy atom. The predicted molar refractivity (Wildman–Crippen MR) is 66.1 cm³/mol. The monoisotopic (exact) mass is 253 g/mol. The van der Waals surface area contributed by atoms with Crippen LogP contribution in [-0.2, 0) is 24.4 Å². The van der Waals surface area contributed by atoms with Crippen LogP contribution in [0.25, 0.3) is 0 Å². The third-order valence-corrected chi connectivity index (χ3v) is 2.60. The highest BCUT2D eigenvalue weighted by Crippen LogP contribution is 2.00. The second-order valence-corrected chi connectivity index (χ2v) is 5.48. The van der Waals surface area contributed by atoms with Gasteiger partial charge in [-0.1, -0.05) is 0 Å². The van der Waals surface area contributed by atoms with E-state index >= 15 is 0 Å². The number of fused-ring (bicyclic) bond motifs is 1. The van der Waals surface area contributed by atoms with Crippen molar-refractivity contribution in [2.75, 3.05) is 6.54 Å². The maximum absolute atomic E-state index is 12.0. The van der Waals surface area contributed by atoms with Crippen LogP contribution < -0.4 is 16.3 Å². The first-order valence-corrected chi connectivity index (χ1v) is 6.05. The summed E-state index contributed by atoms with van der Waals surface area (Å²) in [7, 11) is 0. The van der Waals surface area contributed by atoms with Crippen LogP contribution in [0.1, 0.15) is 26.6 Å². The third kappa shape index (κ3) is 2.79. The molecule has 18 heavy (non-hydrogen) atoms. The average Bonchev–Trinajstić information content (AvgIpc) is 2.54. The SMILES string of the molecule is CC(C)(C)NC(=O)Cn1nc2n(c1=O)CCNC2. The summed E-state index contributed by atoms with van der Waals surface area (Å²) in [6, 6.07) is 0. The van der Waals surface area contributed by atoms with Crippen LogP contribution in [0.5, 0.6) is 0 Å². The number of carbonyl (C=O) groups excluding carboxylic acids is 1. The van der Waals surface area contributed by atoms with E-state index < -0.39 is 0 Å². The molecule has 7 heteroatoms. The fourth-order valence-corrected chi connectivity index (χ4v) is 1.93. The van der Waals surface area contributed by atoms with Crippen LogP contribution in [0.15, 0.2) is 4.79 Å². The summed E-state index contributed by atoms with van der Waals surface area (Å²) >= 11 is 0. The zero-order valence-corrected chi connectivity index (χ0v) is 11.0. The minimum Gasteiger partial charge on any atom is -0.350 e. The van der Waals surface area contributed by atoms with E-state index in [9.17, 15) is 9.59 Å². The predicted octanol–water partition coefficient (Wildman–Crippen LogP) is -0.937. The minimum atomic E-state index is -0.304. The quantitative estimate of drug-likeness (QED) is 0.713. The topological polar surface area (TPSA) is 81.0 Å². The molecule has 0 spiro atoms. The van der Waals surface area contributed by atoms with Gasteiger partial charge in [0.1, 0.15) is 12.4 Å². The minimum absolute atomic E-state index is 0.0316. The molecule has 1 aliphatic heterocycles. The Kier molecular flexibility index (Phi) is 3.25. The summed E-state index contributed by atoms with van der Waals surface area (Å²) in [4.78, 5) is 23.7. The maximum atomic E-state index is 12.0. The molecule has 0 saturated heterocycles. The van der Waals surface area contributed by atoms with E-state index in [1.807, 2.05) is 20.8 Å². The molecule has 100 valence electrons. The molecule has 1 amide bonds. The second-order valence-electron chi connectivity index (χ2n) is 5.48. The molecule has 0 saturated carbocycles. The molecule has 0 unspecified atom stereocenters. The van der Waals surface area contributed by atoms with Crippen molar-refractivity contribution in [1.82, 2.24) is 25.0 Å². The molecule has 1 aromatic heterocycles. The van der Waals surface area contributed by atoms with E-state index in [4.69, 9.17) is 0 Å². The molecular weight excluding hydrogens is 234 g/mol. The number of hydrogen-bond donors (Lipinski definition) is 2. The van der Waals surface area contributed by atoms with Crippen LogP contribution >= 0.6 is 0 Å². The Balaban J connectivity index is 2.13. The molecular formula is C11H19N5O2. The molecule has 1 aromatic rings. The summed E-state index contributed by atoms with van der Waals surface area (Å²) in [5, 5.41) is 10.1. The standard InChI is InChI=1S/C11H19N5O2/c1-11(2,3)13-9(17)7-16-10(18)15-5-4-12-6-8(15)14-16/h12H,4-7H2,1-3H3,(H,13,17). The highest BCUT2D eigenvalue weighted by atomic mass is 16.2. The third-order valence-electron chi connectivity index (χ3n) is 2.60. The highest BCUT2D eigenvalue weighted by molar-refractivity contribution is 5.76. The Morgan fingerprint density at radius 3 is 2.83 bits per heavy atom. The van der Waals surface area contributed by atoms with Crippen molar-refractivity contribution in [1.29, 1.82) is 0 Å². The van der Waals surface area contributed by atoms with Gasteiger partial charge in [0.05, 0.1) is 6.54 Å². The maximum Gasteiger partial charge on any atom is 0.346 e. The lowest BCUT2D eigenvalue weighted by atomic mass is 10.1. The van der Waals surface area contributed by atoms with Crippen molar-refractivity contribution in [3.8, 4) is 0 Å². The summed E-state index contributed by atoms with van der Waals surface area (Å²) in [6.45, 7) is 7.60. The first-order chi connectivity index (χ1) is 8.37. The number of hydrogen-bond acceptors (Lipinski definition) is 4. The van der Waals surface area contributed by atoms with Crippen LogP contribution in [0.4, 0.5) is 0 Å². The molecule has 0 radical (unpaired) electrons. The van der Waals surface area contributed by atoms with E-state index in [1.54, 1.807) is 4.57 Å². The van der Waals surface area contributed by atoms with Gasteiger partial charge in [-0.05, 0) is 20.8 Å². The lowest BCUT2D eigenvalue weighted by Crippen LogP contribution is -2.43. The van der Waals surface area contributed by atoms with Gasteiger partial charge in [0, 0.05) is 18.6 Å². The van der Waals surface area contributed by atoms with Gasteiger partial charge in [0.2, 0.25) is 5.91 Å². The van der Waals surface area contributed by atoms with Gasteiger partial charge < -0.3 is 10.6 Å². The smallest absolute Gasteiger partial charge is 0.346 e. The zero-order chi connectivity index (χ0) is 13.3. The molecule has 0 fully saturated rings. The number of nitrogens with one attached hydrogen (secondary N) is 2. The van der Waals surface area contributed by atoms with Crippen molar-refractivity contribution in [3.63, 3.8) is 0 Å². The van der Waals surface area contributed by atoms with Crippen molar-refractivity contribution >= 4 is 5.91 Å². The fourth-order valence-electron chi connectivity index (χ4n) is 1.93. The molecule has 2 N–H and O–H groups in total. The fraction of sp³-hybridized carbons (Fsp3) is 0.727. The first-order valence-electron chi connectivity index (χ1n) is 6.05. The molecule has 0 aliphatic carbocycles. The molecule has 2 rings (SSSR count). The summed E-state index contributed by atoms with van der Waals surface area (Å²) < 4.78 is 2.84. The average molecular weight is 253 g/mol. The van der Waals surface area contributed by atoms with Crippen LogP contribution in [0.3, 0.4) is 0 Å². The van der Waals surface area contributed by atoms with Crippen molar-refractivity contribution in [3.05, 3.63) is 16.3 Å². The van der Waals surface area contributed by atoms with E-state index in [0.29, 0.717) is 18.9 Å². The molecule has 2 heterocycles. The molecule has 0 atom stereocenters. The number of aromatic nitrogens is 3. The van der Waals surface area contributed by atoms with E-state index in [0.717, 1.165) is 6.54 Å². The lowest BCUT2D eigenvalue weighted by molar-refractivity contribution is -0.123. The Labute approximate surface area is 105 Å². The molecule has 1 aliphatic rings. The second kappa shape index (κ2) is 4.56. The van der Waals surface area contributed by atoms with Crippen LogP contribution in [0.2, 0.25) is 0 Å². The van der Waals surface area contributed by atoms with E-state index in [1.165, 1.54) is 4.68 Å². The Hall–Kier alpha value is -1.63. The van der Waals surface area contributed by atoms with Crippen LogP contribution in [0, 0.1) is 0 Å². The Bertz CT molecular complexity index is 508. The van der Waals surface area contributed by atoms with Crippen LogP contribution in [-0.4, -0.2) is 32.3 Å².